The largest absolute Gasteiger partial charge is 0.381 e. The molecule has 0 aromatic rings. The highest BCUT2D eigenvalue weighted by atomic mass is 16.5. The van der Waals surface area contributed by atoms with Crippen LogP contribution >= 0.6 is 0 Å². The van der Waals surface area contributed by atoms with Crippen molar-refractivity contribution in [3.63, 3.8) is 0 Å². The van der Waals surface area contributed by atoms with Gasteiger partial charge in [0.1, 0.15) is 0 Å². The van der Waals surface area contributed by atoms with Crippen molar-refractivity contribution in [3.05, 3.63) is 0 Å². The third-order valence-corrected chi connectivity index (χ3v) is 1.16. The van der Waals surface area contributed by atoms with Gasteiger partial charge in [-0.25, -0.2) is 0 Å². The standard InChI is InChI=1S/C5H10O.C3H8.C2H6/c1-5-2-3-6-4-5;1-3-2;1-2/h5H,2-4H2,1H3;3H2,1-2H3;1-2H3. The Balaban J connectivity index is 0. The molecular weight excluding hydrogens is 136 g/mol. The van der Waals surface area contributed by atoms with Crippen LogP contribution in [0.5, 0.6) is 0 Å². The molecule has 70 valence electrons. The van der Waals surface area contributed by atoms with Gasteiger partial charge in [0, 0.05) is 13.2 Å². The highest BCUT2D eigenvalue weighted by Crippen LogP contribution is 2.09. The average molecular weight is 160 g/mol. The molecule has 0 bridgehead atoms. The third kappa shape index (κ3) is 13.0. The van der Waals surface area contributed by atoms with Gasteiger partial charge < -0.3 is 4.74 Å². The SMILES string of the molecule is CC.CC1CCOC1.CCC. The smallest absolute Gasteiger partial charge is 0.0492 e. The van der Waals surface area contributed by atoms with Crippen LogP contribution in [0.15, 0.2) is 0 Å². The van der Waals surface area contributed by atoms with E-state index < -0.39 is 0 Å². The van der Waals surface area contributed by atoms with E-state index >= 15 is 0 Å². The zero-order chi connectivity index (χ0) is 9.11. The second kappa shape index (κ2) is 12.6. The third-order valence-electron chi connectivity index (χ3n) is 1.16. The lowest BCUT2D eigenvalue weighted by Crippen LogP contribution is -1.88. The molecule has 1 saturated heterocycles. The first-order chi connectivity index (χ1) is 5.31. The van der Waals surface area contributed by atoms with Crippen molar-refractivity contribution in [2.75, 3.05) is 13.2 Å². The molecule has 11 heavy (non-hydrogen) atoms. The summed E-state index contributed by atoms with van der Waals surface area (Å²) in [5.41, 5.74) is 0. The van der Waals surface area contributed by atoms with Gasteiger partial charge in [0.05, 0.1) is 0 Å². The highest BCUT2D eigenvalue weighted by Gasteiger charge is 2.07. The second-order valence-electron chi connectivity index (χ2n) is 2.68. The van der Waals surface area contributed by atoms with Crippen molar-refractivity contribution in [2.45, 2.75) is 47.5 Å². The van der Waals surface area contributed by atoms with Gasteiger partial charge in [-0.15, -0.1) is 0 Å². The van der Waals surface area contributed by atoms with Crippen molar-refractivity contribution in [2.24, 2.45) is 5.92 Å². The van der Waals surface area contributed by atoms with Crippen molar-refractivity contribution in [3.8, 4) is 0 Å². The summed E-state index contributed by atoms with van der Waals surface area (Å²) in [5, 5.41) is 0. The summed E-state index contributed by atoms with van der Waals surface area (Å²) in [5.74, 6) is 0.824. The molecule has 0 N–H and O–H groups in total. The molecule has 0 amide bonds. The minimum atomic E-state index is 0.824. The molecule has 1 aliphatic rings. The highest BCUT2D eigenvalue weighted by molar-refractivity contribution is 4.55. The molecule has 1 heterocycles. The lowest BCUT2D eigenvalue weighted by molar-refractivity contribution is 0.188. The summed E-state index contributed by atoms with van der Waals surface area (Å²) in [6.07, 6.45) is 2.51. The van der Waals surface area contributed by atoms with Gasteiger partial charge in [-0.3, -0.25) is 0 Å². The minimum Gasteiger partial charge on any atom is -0.381 e. The average Bonchev–Trinajstić information content (AvgIpc) is 2.46. The number of hydrogen-bond acceptors (Lipinski definition) is 1. The van der Waals surface area contributed by atoms with Crippen molar-refractivity contribution >= 4 is 0 Å². The van der Waals surface area contributed by atoms with E-state index in [4.69, 9.17) is 4.74 Å². The maximum atomic E-state index is 5.06. The van der Waals surface area contributed by atoms with Gasteiger partial charge in [-0.1, -0.05) is 41.0 Å². The Morgan fingerprint density at radius 3 is 1.82 bits per heavy atom. The first-order valence-corrected chi connectivity index (χ1v) is 4.89. The maximum Gasteiger partial charge on any atom is 0.0492 e. The van der Waals surface area contributed by atoms with Crippen LogP contribution in [-0.2, 0) is 4.74 Å². The summed E-state index contributed by atoms with van der Waals surface area (Å²) < 4.78 is 5.06. The quantitative estimate of drug-likeness (QED) is 0.527. The fourth-order valence-corrected chi connectivity index (χ4v) is 0.652. The molecule has 1 atom stereocenters. The molecule has 0 aromatic heterocycles. The fourth-order valence-electron chi connectivity index (χ4n) is 0.652. The van der Waals surface area contributed by atoms with Gasteiger partial charge in [-0.05, 0) is 12.3 Å². The predicted octanol–water partition coefficient (Wildman–Crippen LogP) is 3.49. The lowest BCUT2D eigenvalue weighted by Gasteiger charge is -1.89. The monoisotopic (exact) mass is 160 g/mol. The fraction of sp³-hybridized carbons (Fsp3) is 1.00. The molecule has 0 spiro atoms. The minimum absolute atomic E-state index is 0.824. The van der Waals surface area contributed by atoms with E-state index in [2.05, 4.69) is 20.8 Å². The summed E-state index contributed by atoms with van der Waals surface area (Å²) in [6.45, 7) is 12.4. The zero-order valence-corrected chi connectivity index (χ0v) is 8.81. The molecular formula is C10H24O. The molecule has 0 aliphatic carbocycles. The van der Waals surface area contributed by atoms with Crippen LogP contribution in [0.4, 0.5) is 0 Å². The van der Waals surface area contributed by atoms with Crippen molar-refractivity contribution in [1.29, 1.82) is 0 Å². The maximum absolute atomic E-state index is 5.06. The van der Waals surface area contributed by atoms with E-state index in [0.29, 0.717) is 0 Å². The molecule has 1 aliphatic heterocycles. The Morgan fingerprint density at radius 2 is 1.73 bits per heavy atom. The van der Waals surface area contributed by atoms with Gasteiger partial charge in [0.25, 0.3) is 0 Å². The van der Waals surface area contributed by atoms with Crippen LogP contribution in [-0.4, -0.2) is 13.2 Å². The van der Waals surface area contributed by atoms with E-state index in [1.165, 1.54) is 12.8 Å². The van der Waals surface area contributed by atoms with Crippen LogP contribution in [0.3, 0.4) is 0 Å². The summed E-state index contributed by atoms with van der Waals surface area (Å²) in [6, 6.07) is 0. The topological polar surface area (TPSA) is 9.23 Å². The predicted molar refractivity (Wildman–Crippen MR) is 51.9 cm³/mol. The molecule has 1 nitrogen and oxygen atoms in total. The van der Waals surface area contributed by atoms with Crippen LogP contribution < -0.4 is 0 Å². The van der Waals surface area contributed by atoms with Gasteiger partial charge in [-0.2, -0.15) is 0 Å². The summed E-state index contributed by atoms with van der Waals surface area (Å²) in [4.78, 5) is 0. The van der Waals surface area contributed by atoms with Crippen LogP contribution in [0.2, 0.25) is 0 Å². The molecule has 1 heteroatoms. The second-order valence-corrected chi connectivity index (χ2v) is 2.68. The van der Waals surface area contributed by atoms with Crippen molar-refractivity contribution < 1.29 is 4.74 Å². The molecule has 1 rings (SSSR count). The van der Waals surface area contributed by atoms with E-state index in [1.807, 2.05) is 13.8 Å². The first-order valence-electron chi connectivity index (χ1n) is 4.89. The normalized spacial score (nSPS) is 21.0. The molecule has 0 saturated carbocycles. The summed E-state index contributed by atoms with van der Waals surface area (Å²) >= 11 is 0. The first kappa shape index (κ1) is 13.5. The Morgan fingerprint density at radius 1 is 1.27 bits per heavy atom. The lowest BCUT2D eigenvalue weighted by atomic mass is 10.2. The van der Waals surface area contributed by atoms with Crippen LogP contribution in [0.25, 0.3) is 0 Å². The number of ether oxygens (including phenoxy) is 1. The van der Waals surface area contributed by atoms with Crippen LogP contribution in [0, 0.1) is 5.92 Å². The molecule has 1 fully saturated rings. The van der Waals surface area contributed by atoms with E-state index in [0.717, 1.165) is 19.1 Å². The Bertz CT molecular complexity index is 46.8. The van der Waals surface area contributed by atoms with E-state index in [-0.39, 0.29) is 0 Å². The molecule has 0 aromatic carbocycles. The Hall–Kier alpha value is -0.0400. The Labute approximate surface area is 72.1 Å². The van der Waals surface area contributed by atoms with E-state index in [1.54, 1.807) is 0 Å². The number of rotatable bonds is 0. The van der Waals surface area contributed by atoms with Crippen molar-refractivity contribution in [1.82, 2.24) is 0 Å². The zero-order valence-electron chi connectivity index (χ0n) is 8.81. The van der Waals surface area contributed by atoms with Gasteiger partial charge in [0.2, 0.25) is 0 Å². The summed E-state index contributed by atoms with van der Waals surface area (Å²) in [7, 11) is 0. The van der Waals surface area contributed by atoms with Crippen LogP contribution in [0.1, 0.15) is 47.5 Å². The molecule has 1 unspecified atom stereocenters. The number of hydrogen-bond donors (Lipinski definition) is 0. The van der Waals surface area contributed by atoms with Gasteiger partial charge >= 0.3 is 0 Å². The van der Waals surface area contributed by atoms with E-state index in [9.17, 15) is 0 Å². The Kier molecular flexibility index (Phi) is 15.5. The molecule has 0 radical (unpaired) electrons. The van der Waals surface area contributed by atoms with Gasteiger partial charge in [0.15, 0.2) is 0 Å².